The van der Waals surface area contributed by atoms with E-state index in [1.807, 2.05) is 12.3 Å². The molecule has 1 saturated heterocycles. The van der Waals surface area contributed by atoms with E-state index >= 15 is 0 Å². The molecule has 168 valence electrons. The number of aromatic amines is 1. The van der Waals surface area contributed by atoms with Crippen molar-refractivity contribution in [2.24, 2.45) is 11.0 Å². The Morgan fingerprint density at radius 3 is 2.97 bits per heavy atom. The highest BCUT2D eigenvalue weighted by Gasteiger charge is 2.44. The number of hydrogen-bond donors (Lipinski definition) is 3. The van der Waals surface area contributed by atoms with E-state index in [9.17, 15) is 9.59 Å². The number of morpholine rings is 1. The molecule has 2 atom stereocenters. The van der Waals surface area contributed by atoms with E-state index in [1.165, 1.54) is 11.1 Å². The second-order valence-electron chi connectivity index (χ2n) is 8.96. The van der Waals surface area contributed by atoms with Gasteiger partial charge < -0.3 is 15.0 Å². The number of rotatable bonds is 5. The Morgan fingerprint density at radius 1 is 1.21 bits per heavy atom. The Kier molecular flexibility index (Phi) is 4.96. The minimum atomic E-state index is -0.285. The molecular weight excluding hydrogens is 418 g/mol. The summed E-state index contributed by atoms with van der Waals surface area (Å²) in [5.41, 5.74) is 7.75. The van der Waals surface area contributed by atoms with Crippen LogP contribution >= 0.6 is 0 Å². The lowest BCUT2D eigenvalue weighted by Gasteiger charge is -2.26. The van der Waals surface area contributed by atoms with Crippen LogP contribution < -0.4 is 10.7 Å². The van der Waals surface area contributed by atoms with E-state index in [0.29, 0.717) is 11.3 Å². The lowest BCUT2D eigenvalue weighted by molar-refractivity contribution is -0.117. The summed E-state index contributed by atoms with van der Waals surface area (Å²) in [7, 11) is 0. The molecule has 3 N–H and O–H groups in total. The van der Waals surface area contributed by atoms with Gasteiger partial charge in [0.05, 0.1) is 25.0 Å². The van der Waals surface area contributed by atoms with Gasteiger partial charge in [0.25, 0.3) is 5.91 Å². The number of carbonyl (C=O) groups is 2. The summed E-state index contributed by atoms with van der Waals surface area (Å²) < 4.78 is 5.44. The smallest absolute Gasteiger partial charge is 0.272 e. The average molecular weight is 444 g/mol. The zero-order valence-electron chi connectivity index (χ0n) is 18.1. The van der Waals surface area contributed by atoms with Crippen molar-refractivity contribution in [3.8, 4) is 0 Å². The molecule has 3 aromatic rings. The van der Waals surface area contributed by atoms with Crippen LogP contribution in [0.3, 0.4) is 0 Å². The van der Waals surface area contributed by atoms with Crippen molar-refractivity contribution in [1.82, 2.24) is 15.3 Å². The van der Waals surface area contributed by atoms with Crippen LogP contribution in [0.1, 0.15) is 39.4 Å². The molecule has 8 heteroatoms. The van der Waals surface area contributed by atoms with Gasteiger partial charge in [-0.1, -0.05) is 24.3 Å². The first-order valence-electron chi connectivity index (χ1n) is 11.3. The summed E-state index contributed by atoms with van der Waals surface area (Å²) in [4.78, 5) is 31.0. The van der Waals surface area contributed by atoms with Crippen molar-refractivity contribution in [3.63, 3.8) is 0 Å². The highest BCUT2D eigenvalue weighted by Crippen LogP contribution is 2.48. The predicted molar refractivity (Wildman–Crippen MR) is 125 cm³/mol. The third kappa shape index (κ3) is 3.92. The van der Waals surface area contributed by atoms with Crippen LogP contribution in [0.5, 0.6) is 0 Å². The van der Waals surface area contributed by atoms with Crippen LogP contribution in [0.4, 0.5) is 5.69 Å². The van der Waals surface area contributed by atoms with Gasteiger partial charge in [0.15, 0.2) is 0 Å². The van der Waals surface area contributed by atoms with Crippen molar-refractivity contribution >= 4 is 34.6 Å². The second-order valence-corrected chi connectivity index (χ2v) is 8.96. The number of benzene rings is 2. The number of amides is 2. The van der Waals surface area contributed by atoms with Gasteiger partial charge in [0.1, 0.15) is 0 Å². The summed E-state index contributed by atoms with van der Waals surface area (Å²) in [5.74, 6) is -0.127. The van der Waals surface area contributed by atoms with Gasteiger partial charge in [-0.05, 0) is 35.6 Å². The molecule has 33 heavy (non-hydrogen) atoms. The molecular formula is C25H25N5O3. The highest BCUT2D eigenvalue weighted by atomic mass is 16.5. The van der Waals surface area contributed by atoms with Crippen LogP contribution in [0.2, 0.25) is 0 Å². The Balaban J connectivity index is 1.16. The molecule has 2 aromatic carbocycles. The number of ether oxygens (including phenoxy) is 1. The number of hydrogen-bond acceptors (Lipinski definition) is 5. The number of nitrogens with zero attached hydrogens (tertiary/aromatic N) is 2. The first-order valence-corrected chi connectivity index (χ1v) is 11.3. The van der Waals surface area contributed by atoms with Gasteiger partial charge >= 0.3 is 0 Å². The number of H-pyrrole nitrogens is 1. The molecule has 2 unspecified atom stereocenters. The minimum Gasteiger partial charge on any atom is -0.379 e. The Morgan fingerprint density at radius 2 is 2.09 bits per heavy atom. The monoisotopic (exact) mass is 443 g/mol. The van der Waals surface area contributed by atoms with Crippen molar-refractivity contribution in [3.05, 3.63) is 64.8 Å². The molecule has 2 amide bonds. The number of anilines is 1. The van der Waals surface area contributed by atoms with E-state index in [-0.39, 0.29) is 23.7 Å². The minimum absolute atomic E-state index is 0.0119. The maximum Gasteiger partial charge on any atom is 0.272 e. The van der Waals surface area contributed by atoms with E-state index in [2.05, 4.69) is 50.0 Å². The molecule has 0 spiro atoms. The van der Waals surface area contributed by atoms with Crippen LogP contribution in [0.15, 0.2) is 47.7 Å². The maximum atomic E-state index is 13.0. The van der Waals surface area contributed by atoms with Gasteiger partial charge in [-0.3, -0.25) is 14.5 Å². The molecule has 1 saturated carbocycles. The third-order valence-electron chi connectivity index (χ3n) is 6.71. The zero-order valence-corrected chi connectivity index (χ0v) is 18.1. The summed E-state index contributed by atoms with van der Waals surface area (Å²) in [6, 6.07) is 12.2. The fourth-order valence-electron chi connectivity index (χ4n) is 4.90. The third-order valence-corrected chi connectivity index (χ3v) is 6.71. The maximum absolute atomic E-state index is 13.0. The van der Waals surface area contributed by atoms with Crippen LogP contribution in [-0.2, 0) is 16.1 Å². The quantitative estimate of drug-likeness (QED) is 0.565. The summed E-state index contributed by atoms with van der Waals surface area (Å²) >= 11 is 0. The molecule has 1 aromatic heterocycles. The summed E-state index contributed by atoms with van der Waals surface area (Å²) in [6.07, 6.45) is 4.26. The first kappa shape index (κ1) is 20.1. The SMILES string of the molecule is O=C1NN=Cc2c[nH]c3cc(NC(=O)C4CC4c4cccc(CN5CCOCC5)c4)cc1c23. The largest absolute Gasteiger partial charge is 0.379 e. The Hall–Kier alpha value is -3.49. The predicted octanol–water partition coefficient (Wildman–Crippen LogP) is 2.82. The molecule has 2 fully saturated rings. The lowest BCUT2D eigenvalue weighted by atomic mass is 10.0. The molecule has 8 nitrogen and oxygen atoms in total. The number of aromatic nitrogens is 1. The Bertz CT molecular complexity index is 1270. The number of hydrazone groups is 1. The summed E-state index contributed by atoms with van der Waals surface area (Å²) in [6.45, 7) is 4.40. The zero-order chi connectivity index (χ0) is 22.4. The van der Waals surface area contributed by atoms with E-state index < -0.39 is 0 Å². The van der Waals surface area contributed by atoms with Crippen LogP contribution in [0, 0.1) is 5.92 Å². The first-order chi connectivity index (χ1) is 16.2. The molecule has 2 aliphatic heterocycles. The lowest BCUT2D eigenvalue weighted by Crippen LogP contribution is -2.35. The van der Waals surface area contributed by atoms with Crippen molar-refractivity contribution in [2.75, 3.05) is 31.6 Å². The second kappa shape index (κ2) is 8.13. The van der Waals surface area contributed by atoms with Gasteiger partial charge in [-0.2, -0.15) is 5.10 Å². The molecule has 3 heterocycles. The van der Waals surface area contributed by atoms with Gasteiger partial charge in [0.2, 0.25) is 5.91 Å². The van der Waals surface area contributed by atoms with E-state index in [1.54, 1.807) is 12.3 Å². The van der Waals surface area contributed by atoms with Crippen molar-refractivity contribution in [1.29, 1.82) is 0 Å². The molecule has 0 radical (unpaired) electrons. The fraction of sp³-hybridized carbons (Fsp3) is 0.320. The highest BCUT2D eigenvalue weighted by molar-refractivity contribution is 6.15. The Labute approximate surface area is 191 Å². The normalized spacial score (nSPS) is 22.1. The molecule has 3 aliphatic rings. The molecule has 6 rings (SSSR count). The van der Waals surface area contributed by atoms with Crippen molar-refractivity contribution < 1.29 is 14.3 Å². The number of nitrogens with one attached hydrogen (secondary N) is 3. The standard InChI is InChI=1S/C25H25N5O3/c31-24(28-18-9-21-23-17(12-26-22(23)10-18)13-27-29-25(21)32)20-11-19(20)16-3-1-2-15(8-16)14-30-4-6-33-7-5-30/h1-3,8-10,12-13,19-20,26H,4-7,11,14H2,(H,28,31)(H,29,32). The van der Waals surface area contributed by atoms with Gasteiger partial charge in [0, 0.05) is 53.9 Å². The van der Waals surface area contributed by atoms with Crippen LogP contribution in [-0.4, -0.2) is 54.2 Å². The number of carbonyl (C=O) groups excluding carboxylic acids is 2. The van der Waals surface area contributed by atoms with E-state index in [0.717, 1.165) is 55.7 Å². The topological polar surface area (TPSA) is 98.8 Å². The van der Waals surface area contributed by atoms with Crippen LogP contribution in [0.25, 0.3) is 10.9 Å². The fourth-order valence-corrected chi connectivity index (χ4v) is 4.90. The van der Waals surface area contributed by atoms with Gasteiger partial charge in [-0.15, -0.1) is 0 Å². The van der Waals surface area contributed by atoms with E-state index in [4.69, 9.17) is 4.74 Å². The molecule has 0 bridgehead atoms. The molecule has 1 aliphatic carbocycles. The average Bonchev–Trinajstić information content (AvgIpc) is 3.56. The summed E-state index contributed by atoms with van der Waals surface area (Å²) in [5, 5.41) is 7.78. The van der Waals surface area contributed by atoms with Gasteiger partial charge in [-0.25, -0.2) is 5.43 Å². The van der Waals surface area contributed by atoms with Crippen molar-refractivity contribution in [2.45, 2.75) is 18.9 Å².